The van der Waals surface area contributed by atoms with Gasteiger partial charge in [-0.3, -0.25) is 9.69 Å². The Morgan fingerprint density at radius 1 is 0.603 bits per heavy atom. The third-order valence-electron chi connectivity index (χ3n) is 11.0. The minimum atomic E-state index is -0.923. The van der Waals surface area contributed by atoms with E-state index >= 15 is 0 Å². The molecule has 3 saturated heterocycles. The quantitative estimate of drug-likeness (QED) is 0.0678. The molecule has 15 heteroatoms. The summed E-state index contributed by atoms with van der Waals surface area (Å²) < 4.78 is 20.1. The van der Waals surface area contributed by atoms with E-state index in [4.69, 9.17) is 24.4 Å². The van der Waals surface area contributed by atoms with Crippen LogP contribution in [0, 0.1) is 0 Å². The molecule has 1 amide bonds. The van der Waals surface area contributed by atoms with E-state index in [1.807, 2.05) is 0 Å². The van der Waals surface area contributed by atoms with E-state index in [9.17, 15) is 19.8 Å². The number of likely N-dealkylation sites (tertiary alicyclic amines) is 2. The van der Waals surface area contributed by atoms with Gasteiger partial charge in [-0.1, -0.05) is 36.4 Å². The number of fused-ring (bicyclic) bond motifs is 3. The van der Waals surface area contributed by atoms with Gasteiger partial charge in [-0.2, -0.15) is 0 Å². The fourth-order valence-corrected chi connectivity index (χ4v) is 9.73. The van der Waals surface area contributed by atoms with Gasteiger partial charge in [0.05, 0.1) is 44.7 Å². The number of benzene rings is 3. The average molecular weight is 920 g/mol. The van der Waals surface area contributed by atoms with E-state index in [0.717, 1.165) is 78.0 Å². The summed E-state index contributed by atoms with van der Waals surface area (Å²) in [5.74, 6) is -0.951. The Hall–Kier alpha value is -3.84. The zero-order valence-electron chi connectivity index (χ0n) is 35.8. The van der Waals surface area contributed by atoms with Crippen LogP contribution in [0.5, 0.6) is 0 Å². The maximum Gasteiger partial charge on any atom is 0.329 e. The number of aliphatic hydroxyl groups excluding tert-OH is 3. The van der Waals surface area contributed by atoms with Gasteiger partial charge in [0.1, 0.15) is 13.2 Å². The molecule has 0 saturated carbocycles. The number of carbonyl (C=O) groups excluding carboxylic acids is 1. The molecule has 6 aromatic rings. The number of amides is 1. The summed E-state index contributed by atoms with van der Waals surface area (Å²) >= 11 is 5.25. The van der Waals surface area contributed by atoms with E-state index < -0.39 is 5.97 Å². The smallest absolute Gasteiger partial charge is 0.329 e. The Morgan fingerprint density at radius 3 is 1.54 bits per heavy atom. The summed E-state index contributed by atoms with van der Waals surface area (Å²) in [6, 6.07) is 25.7. The van der Waals surface area contributed by atoms with Gasteiger partial charge < -0.3 is 44.9 Å². The number of aliphatic hydroxyl groups is 3. The lowest BCUT2D eigenvalue weighted by Crippen LogP contribution is -2.32. The third-order valence-corrected chi connectivity index (χ3v) is 13.7. The van der Waals surface area contributed by atoms with Gasteiger partial charge in [0.15, 0.2) is 0 Å². The highest BCUT2D eigenvalue weighted by Gasteiger charge is 2.24. The number of carboxylic acids is 1. The van der Waals surface area contributed by atoms with Crippen LogP contribution in [0.15, 0.2) is 88.9 Å². The number of β-amino-alcohol motifs (C(OH)–C–C–N with tert-alkyl or cyclic N) is 3. The van der Waals surface area contributed by atoms with Gasteiger partial charge >= 0.3 is 5.97 Å². The van der Waals surface area contributed by atoms with Gasteiger partial charge in [-0.25, -0.2) is 4.79 Å². The molecule has 3 aliphatic rings. The molecule has 63 heavy (non-hydrogen) atoms. The van der Waals surface area contributed by atoms with Crippen molar-refractivity contribution in [2.45, 2.75) is 56.8 Å². The normalized spacial score (nSPS) is 18.5. The van der Waals surface area contributed by atoms with Gasteiger partial charge in [-0.05, 0) is 130 Å². The molecule has 0 radical (unpaired) electrons. The highest BCUT2D eigenvalue weighted by molar-refractivity contribution is 7.17. The molecular formula is C48H61N3O9S3. The highest BCUT2D eigenvalue weighted by Crippen LogP contribution is 2.24. The number of nitrogens with zero attached hydrogens (tertiary/aromatic N) is 2. The first-order valence-corrected chi connectivity index (χ1v) is 24.4. The van der Waals surface area contributed by atoms with E-state index in [1.165, 1.54) is 46.9 Å². The highest BCUT2D eigenvalue weighted by atomic mass is 32.1. The zero-order valence-corrected chi connectivity index (χ0v) is 38.2. The summed E-state index contributed by atoms with van der Waals surface area (Å²) in [5, 5.41) is 49.1. The summed E-state index contributed by atoms with van der Waals surface area (Å²) in [7, 11) is 0. The number of carboxylic acid groups (broad SMARTS) is 1. The summed E-state index contributed by atoms with van der Waals surface area (Å²) in [4.78, 5) is 26.0. The van der Waals surface area contributed by atoms with Crippen LogP contribution in [0.1, 0.15) is 36.0 Å². The zero-order chi connectivity index (χ0) is 44.2. The fourth-order valence-electron chi connectivity index (χ4n) is 7.41. The molecule has 5 N–H and O–H groups in total. The summed E-state index contributed by atoms with van der Waals surface area (Å²) in [6.07, 6.45) is 4.46. The number of hydrogen-bond acceptors (Lipinski definition) is 13. The lowest BCUT2D eigenvalue weighted by molar-refractivity contribution is -0.142. The Bertz CT molecular complexity index is 2270. The van der Waals surface area contributed by atoms with Crippen LogP contribution >= 0.6 is 34.0 Å². The van der Waals surface area contributed by atoms with E-state index in [-0.39, 0.29) is 37.4 Å². The molecule has 3 aliphatic heterocycles. The van der Waals surface area contributed by atoms with Crippen LogP contribution in [0.4, 0.5) is 0 Å². The molecule has 6 heterocycles. The molecule has 0 spiro atoms. The molecule has 9 rings (SSSR count). The summed E-state index contributed by atoms with van der Waals surface area (Å²) in [6.45, 7) is 7.99. The standard InChI is InChI=1S/C16H19NO3S.C16H21NO2S.C12H12O3S.C4H9NO/c18-14-3-6-17(10-14)16(19)11-20-7-4-12-1-2-15-13(9-12)5-8-21-15;18-15-3-6-17(12-15)7-9-19-8-4-13-1-2-16-14(11-13)5-10-20-16;13-12(14)8-15-5-3-9-1-2-11-10(7-9)4-6-16-11;6-4-1-2-5-3-4/h1-2,5,8-9,14,18H,3-4,6-7,10-11H2;1-2,5,10-11,15,18H,3-4,6-9,12H2;1-2,4,6-7H,3,5,8H2,(H,13,14);4-6H,1-3H2/t14-;15-;;4-/m00.0/s1. The second-order valence-corrected chi connectivity index (χ2v) is 18.8. The van der Waals surface area contributed by atoms with Crippen LogP contribution in [-0.4, -0.2) is 146 Å². The number of ether oxygens (including phenoxy) is 3. The first kappa shape index (κ1) is 48.6. The van der Waals surface area contributed by atoms with Crippen LogP contribution < -0.4 is 5.32 Å². The second kappa shape index (κ2) is 26.2. The number of nitrogens with one attached hydrogen (secondary N) is 1. The largest absolute Gasteiger partial charge is 0.480 e. The monoisotopic (exact) mass is 919 g/mol. The number of thiophene rings is 3. The van der Waals surface area contributed by atoms with Crippen LogP contribution in [0.2, 0.25) is 0 Å². The minimum Gasteiger partial charge on any atom is -0.480 e. The number of rotatable bonds is 16. The first-order chi connectivity index (χ1) is 30.7. The maximum atomic E-state index is 11.8. The van der Waals surface area contributed by atoms with Crippen molar-refractivity contribution in [2.24, 2.45) is 0 Å². The average Bonchev–Trinajstić information content (AvgIpc) is 4.15. The molecule has 3 fully saturated rings. The SMILES string of the molecule is O=C(COCCc1ccc2sccc2c1)N1CC[C@H](O)C1.O=C(O)COCCc1ccc2sccc2c1.O[C@H]1CCN(CCOCCc2ccc3sccc3c2)C1.O[C@H]1CCNC1. The van der Waals surface area contributed by atoms with Crippen molar-refractivity contribution in [3.63, 3.8) is 0 Å². The van der Waals surface area contributed by atoms with Crippen molar-refractivity contribution in [3.8, 4) is 0 Å². The lowest BCUT2D eigenvalue weighted by Gasteiger charge is -2.15. The van der Waals surface area contributed by atoms with Crippen LogP contribution in [0.25, 0.3) is 30.3 Å². The van der Waals surface area contributed by atoms with Gasteiger partial charge in [0.25, 0.3) is 0 Å². The summed E-state index contributed by atoms with van der Waals surface area (Å²) in [5.41, 5.74) is 3.74. The van der Waals surface area contributed by atoms with E-state index in [2.05, 4.69) is 99.2 Å². The molecule has 3 aromatic carbocycles. The first-order valence-electron chi connectivity index (χ1n) is 21.8. The Balaban J connectivity index is 0.000000148. The third kappa shape index (κ3) is 16.9. The van der Waals surface area contributed by atoms with Gasteiger partial charge in [0.2, 0.25) is 5.91 Å². The molecule has 12 nitrogen and oxygen atoms in total. The topological polar surface area (TPSA) is 161 Å². The number of carbonyl (C=O) groups is 2. The number of hydrogen-bond donors (Lipinski definition) is 5. The van der Waals surface area contributed by atoms with Crippen molar-refractivity contribution < 1.29 is 44.2 Å². The van der Waals surface area contributed by atoms with Crippen LogP contribution in [-0.2, 0) is 43.1 Å². The molecule has 0 unspecified atom stereocenters. The Labute approximate surface area is 381 Å². The van der Waals surface area contributed by atoms with Crippen molar-refractivity contribution in [1.29, 1.82) is 0 Å². The predicted molar refractivity (Wildman–Crippen MR) is 254 cm³/mol. The molecule has 3 aromatic heterocycles. The van der Waals surface area contributed by atoms with Crippen LogP contribution in [0.3, 0.4) is 0 Å². The van der Waals surface area contributed by atoms with Crippen molar-refractivity contribution in [1.82, 2.24) is 15.1 Å². The molecule has 0 aliphatic carbocycles. The second-order valence-electron chi connectivity index (χ2n) is 15.9. The van der Waals surface area contributed by atoms with E-state index in [0.29, 0.717) is 32.7 Å². The maximum absolute atomic E-state index is 11.8. The van der Waals surface area contributed by atoms with E-state index in [1.54, 1.807) is 38.9 Å². The van der Waals surface area contributed by atoms with Crippen molar-refractivity contribution >= 4 is 76.1 Å². The minimum absolute atomic E-state index is 0.0279. The Kier molecular flexibility index (Phi) is 20.2. The number of aliphatic carboxylic acids is 1. The van der Waals surface area contributed by atoms with Gasteiger partial charge in [0, 0.05) is 53.4 Å². The van der Waals surface area contributed by atoms with Crippen molar-refractivity contribution in [3.05, 3.63) is 106 Å². The molecule has 0 bridgehead atoms. The molecule has 3 atom stereocenters. The van der Waals surface area contributed by atoms with Crippen molar-refractivity contribution in [2.75, 3.05) is 85.5 Å². The lowest BCUT2D eigenvalue weighted by atomic mass is 10.1. The fraction of sp³-hybridized carbons (Fsp3) is 0.458. The molecule has 340 valence electrons. The Morgan fingerprint density at radius 2 is 1.11 bits per heavy atom. The predicted octanol–water partition coefficient (Wildman–Crippen LogP) is 6.47. The molecular weight excluding hydrogens is 859 g/mol. The van der Waals surface area contributed by atoms with Gasteiger partial charge in [-0.15, -0.1) is 34.0 Å².